The minimum absolute atomic E-state index is 0.0818. The Morgan fingerprint density at radius 3 is 2.42 bits per heavy atom. The fraction of sp³-hybridized carbons (Fsp3) is 0.538. The Hall–Kier alpha value is -1.56. The van der Waals surface area contributed by atoms with Crippen molar-refractivity contribution in [3.05, 3.63) is 22.4 Å². The molecule has 2 N–H and O–H groups in total. The summed E-state index contributed by atoms with van der Waals surface area (Å²) in [6.07, 6.45) is 0. The standard InChI is InChI=1S/C13H20N2O3S/c1-8(2)11(12(16)17)14-13(18)15(4)9(3)10-6-5-7-19-10/h5-9,11H,1-4H3,(H,14,18)(H,16,17)/t9?,11-/m0/s1. The molecule has 0 aliphatic carbocycles. The molecule has 2 atom stereocenters. The van der Waals surface area contributed by atoms with Gasteiger partial charge in [-0.1, -0.05) is 19.9 Å². The molecule has 0 aliphatic rings. The number of carbonyl (C=O) groups excluding carboxylic acids is 1. The summed E-state index contributed by atoms with van der Waals surface area (Å²) in [5.74, 6) is -1.17. The minimum Gasteiger partial charge on any atom is -0.480 e. The third-order valence-electron chi connectivity index (χ3n) is 3.07. The second kappa shape index (κ2) is 6.56. The SMILES string of the molecule is CC(C)[C@H](NC(=O)N(C)C(C)c1cccs1)C(=O)O. The van der Waals surface area contributed by atoms with E-state index >= 15 is 0 Å². The van der Waals surface area contributed by atoms with Crippen molar-refractivity contribution in [3.63, 3.8) is 0 Å². The molecule has 0 saturated heterocycles. The first-order chi connectivity index (χ1) is 8.84. The van der Waals surface area contributed by atoms with Crippen molar-refractivity contribution >= 4 is 23.3 Å². The van der Waals surface area contributed by atoms with Crippen LogP contribution in [0.2, 0.25) is 0 Å². The second-order valence-corrected chi connectivity index (χ2v) is 5.79. The molecule has 0 spiro atoms. The first-order valence-corrected chi connectivity index (χ1v) is 7.02. The van der Waals surface area contributed by atoms with Gasteiger partial charge < -0.3 is 15.3 Å². The highest BCUT2D eigenvalue weighted by molar-refractivity contribution is 7.10. The fourth-order valence-corrected chi connectivity index (χ4v) is 2.47. The molecule has 1 aromatic heterocycles. The lowest BCUT2D eigenvalue weighted by atomic mass is 10.1. The molecule has 5 nitrogen and oxygen atoms in total. The zero-order valence-corrected chi connectivity index (χ0v) is 12.4. The van der Waals surface area contributed by atoms with Crippen molar-refractivity contribution < 1.29 is 14.7 Å². The molecule has 2 amide bonds. The molecule has 6 heteroatoms. The molecule has 0 aromatic carbocycles. The molecular weight excluding hydrogens is 264 g/mol. The topological polar surface area (TPSA) is 69.6 Å². The van der Waals surface area contributed by atoms with Gasteiger partial charge in [0.2, 0.25) is 0 Å². The van der Waals surface area contributed by atoms with Crippen LogP contribution in [0, 0.1) is 5.92 Å². The van der Waals surface area contributed by atoms with Crippen LogP contribution in [-0.2, 0) is 4.79 Å². The van der Waals surface area contributed by atoms with E-state index < -0.39 is 12.0 Å². The maximum atomic E-state index is 12.1. The number of hydrogen-bond donors (Lipinski definition) is 2. The van der Waals surface area contributed by atoms with E-state index in [0.29, 0.717) is 0 Å². The number of urea groups is 1. The van der Waals surface area contributed by atoms with E-state index in [1.807, 2.05) is 24.4 Å². The summed E-state index contributed by atoms with van der Waals surface area (Å²) in [4.78, 5) is 25.7. The highest BCUT2D eigenvalue weighted by Gasteiger charge is 2.26. The minimum atomic E-state index is -1.01. The number of amides is 2. The van der Waals surface area contributed by atoms with Gasteiger partial charge in [-0.2, -0.15) is 0 Å². The summed E-state index contributed by atoms with van der Waals surface area (Å²) >= 11 is 1.57. The van der Waals surface area contributed by atoms with E-state index in [0.717, 1.165) is 4.88 Å². The lowest BCUT2D eigenvalue weighted by Gasteiger charge is -2.27. The number of thiophene rings is 1. The van der Waals surface area contributed by atoms with Crippen LogP contribution < -0.4 is 5.32 Å². The summed E-state index contributed by atoms with van der Waals surface area (Å²) in [6.45, 7) is 5.44. The van der Waals surface area contributed by atoms with Gasteiger partial charge in [-0.3, -0.25) is 0 Å². The van der Waals surface area contributed by atoms with Crippen LogP contribution in [0.5, 0.6) is 0 Å². The summed E-state index contributed by atoms with van der Waals surface area (Å²) in [6, 6.07) is 2.56. The molecular formula is C13H20N2O3S. The Labute approximate surface area is 117 Å². The van der Waals surface area contributed by atoms with E-state index in [-0.39, 0.29) is 18.0 Å². The van der Waals surface area contributed by atoms with Gasteiger partial charge in [0.05, 0.1) is 6.04 Å². The maximum absolute atomic E-state index is 12.1. The Morgan fingerprint density at radius 1 is 1.37 bits per heavy atom. The Bertz CT molecular complexity index is 431. The van der Waals surface area contributed by atoms with Gasteiger partial charge in [0.25, 0.3) is 0 Å². The van der Waals surface area contributed by atoms with Gasteiger partial charge in [0.15, 0.2) is 0 Å². The average molecular weight is 284 g/mol. The molecule has 0 fully saturated rings. The molecule has 19 heavy (non-hydrogen) atoms. The number of carboxylic acids is 1. The normalized spacial score (nSPS) is 13.9. The predicted molar refractivity (Wildman–Crippen MR) is 75.3 cm³/mol. The second-order valence-electron chi connectivity index (χ2n) is 4.81. The van der Waals surface area contributed by atoms with Crippen LogP contribution in [0.4, 0.5) is 4.79 Å². The largest absolute Gasteiger partial charge is 0.480 e. The van der Waals surface area contributed by atoms with Crippen LogP contribution in [0.1, 0.15) is 31.7 Å². The molecule has 1 heterocycles. The van der Waals surface area contributed by atoms with E-state index in [1.54, 1.807) is 32.2 Å². The number of rotatable bonds is 5. The molecule has 1 rings (SSSR count). The van der Waals surface area contributed by atoms with Crippen molar-refractivity contribution in [2.75, 3.05) is 7.05 Å². The van der Waals surface area contributed by atoms with Gasteiger partial charge in [0.1, 0.15) is 6.04 Å². The molecule has 0 radical (unpaired) electrons. The van der Waals surface area contributed by atoms with E-state index in [9.17, 15) is 9.59 Å². The first kappa shape index (κ1) is 15.5. The lowest BCUT2D eigenvalue weighted by Crippen LogP contribution is -2.49. The Kier molecular flexibility index (Phi) is 5.35. The number of carboxylic acid groups (broad SMARTS) is 1. The van der Waals surface area contributed by atoms with Gasteiger partial charge in [0, 0.05) is 11.9 Å². The molecule has 106 valence electrons. The Balaban J connectivity index is 2.69. The van der Waals surface area contributed by atoms with Crippen molar-refractivity contribution in [2.45, 2.75) is 32.9 Å². The zero-order valence-electron chi connectivity index (χ0n) is 11.6. The zero-order chi connectivity index (χ0) is 14.6. The number of nitrogens with zero attached hydrogens (tertiary/aromatic N) is 1. The molecule has 0 aliphatic heterocycles. The summed E-state index contributed by atoms with van der Waals surface area (Å²) < 4.78 is 0. The smallest absolute Gasteiger partial charge is 0.326 e. The highest BCUT2D eigenvalue weighted by atomic mass is 32.1. The number of aliphatic carboxylic acids is 1. The molecule has 0 saturated carbocycles. The summed E-state index contributed by atoms with van der Waals surface area (Å²) in [7, 11) is 1.67. The molecule has 1 unspecified atom stereocenters. The molecule has 1 aromatic rings. The monoisotopic (exact) mass is 284 g/mol. The summed E-state index contributed by atoms with van der Waals surface area (Å²) in [5, 5.41) is 13.6. The van der Waals surface area contributed by atoms with Crippen molar-refractivity contribution in [1.29, 1.82) is 0 Å². The van der Waals surface area contributed by atoms with Crippen LogP contribution in [0.3, 0.4) is 0 Å². The third-order valence-corrected chi connectivity index (χ3v) is 4.11. The predicted octanol–water partition coefficient (Wildman–Crippen LogP) is 2.56. The number of nitrogens with one attached hydrogen (secondary N) is 1. The summed E-state index contributed by atoms with van der Waals surface area (Å²) in [5.41, 5.74) is 0. The van der Waals surface area contributed by atoms with Crippen molar-refractivity contribution in [3.8, 4) is 0 Å². The fourth-order valence-electron chi connectivity index (χ4n) is 1.64. The number of carbonyl (C=O) groups is 2. The number of hydrogen-bond acceptors (Lipinski definition) is 3. The van der Waals surface area contributed by atoms with Gasteiger partial charge >= 0.3 is 12.0 Å². The van der Waals surface area contributed by atoms with Crippen LogP contribution in [0.15, 0.2) is 17.5 Å². The van der Waals surface area contributed by atoms with E-state index in [2.05, 4.69) is 5.32 Å². The van der Waals surface area contributed by atoms with Gasteiger partial charge in [-0.15, -0.1) is 11.3 Å². The maximum Gasteiger partial charge on any atom is 0.326 e. The quantitative estimate of drug-likeness (QED) is 0.873. The molecule has 0 bridgehead atoms. The van der Waals surface area contributed by atoms with Crippen molar-refractivity contribution in [1.82, 2.24) is 10.2 Å². The van der Waals surface area contributed by atoms with E-state index in [1.165, 1.54) is 4.90 Å². The average Bonchev–Trinajstić information content (AvgIpc) is 2.86. The van der Waals surface area contributed by atoms with Crippen LogP contribution in [-0.4, -0.2) is 35.1 Å². The van der Waals surface area contributed by atoms with Gasteiger partial charge in [-0.05, 0) is 24.3 Å². The highest BCUT2D eigenvalue weighted by Crippen LogP contribution is 2.23. The van der Waals surface area contributed by atoms with Gasteiger partial charge in [-0.25, -0.2) is 9.59 Å². The Morgan fingerprint density at radius 2 is 2.00 bits per heavy atom. The van der Waals surface area contributed by atoms with Crippen molar-refractivity contribution in [2.24, 2.45) is 5.92 Å². The van der Waals surface area contributed by atoms with Crippen LogP contribution in [0.25, 0.3) is 0 Å². The lowest BCUT2D eigenvalue weighted by molar-refractivity contribution is -0.140. The first-order valence-electron chi connectivity index (χ1n) is 6.14. The third kappa shape index (κ3) is 3.96. The van der Waals surface area contributed by atoms with Crippen LogP contribution >= 0.6 is 11.3 Å². The van der Waals surface area contributed by atoms with E-state index in [4.69, 9.17) is 5.11 Å².